The van der Waals surface area contributed by atoms with E-state index in [0.717, 1.165) is 23.7 Å². The Hall–Kier alpha value is -4.08. The SMILES string of the molecule is Bc1ccc(NC(=O)c2cc(F)ccc2NC(=O)c2ccc(C(=N)N(C)C)cc2F)nc1. The van der Waals surface area contributed by atoms with E-state index in [1.54, 1.807) is 32.4 Å². The van der Waals surface area contributed by atoms with E-state index >= 15 is 0 Å². The Bertz CT molecular complexity index is 1200. The summed E-state index contributed by atoms with van der Waals surface area (Å²) in [5.74, 6) is -2.68. The molecule has 0 bridgehead atoms. The number of anilines is 2. The first-order chi connectivity index (χ1) is 15.2. The first-order valence-electron chi connectivity index (χ1n) is 9.56. The Labute approximate surface area is 184 Å². The average Bonchev–Trinajstić information content (AvgIpc) is 2.75. The molecular formula is C22H20BF2N5O2. The van der Waals surface area contributed by atoms with Crippen molar-refractivity contribution in [2.45, 2.75) is 0 Å². The summed E-state index contributed by atoms with van der Waals surface area (Å²) in [5.41, 5.74) is 0.779. The number of pyridine rings is 1. The zero-order chi connectivity index (χ0) is 23.4. The molecule has 0 radical (unpaired) electrons. The molecule has 3 aromatic rings. The zero-order valence-corrected chi connectivity index (χ0v) is 17.7. The summed E-state index contributed by atoms with van der Waals surface area (Å²) in [4.78, 5) is 30.9. The van der Waals surface area contributed by atoms with Crippen LogP contribution in [0.1, 0.15) is 26.3 Å². The van der Waals surface area contributed by atoms with Gasteiger partial charge in [0.15, 0.2) is 0 Å². The van der Waals surface area contributed by atoms with Crippen LogP contribution in [-0.2, 0) is 0 Å². The molecule has 0 aliphatic rings. The minimum atomic E-state index is -0.830. The van der Waals surface area contributed by atoms with Crippen LogP contribution in [0.5, 0.6) is 0 Å². The molecule has 10 heteroatoms. The second-order valence-corrected chi connectivity index (χ2v) is 7.26. The molecule has 3 N–H and O–H groups in total. The lowest BCUT2D eigenvalue weighted by Crippen LogP contribution is -2.23. The lowest BCUT2D eigenvalue weighted by atomic mass is 9.99. The second-order valence-electron chi connectivity index (χ2n) is 7.26. The van der Waals surface area contributed by atoms with Crippen LogP contribution in [0.4, 0.5) is 20.3 Å². The molecule has 0 saturated heterocycles. The number of carbonyl (C=O) groups excluding carboxylic acids is 2. The van der Waals surface area contributed by atoms with Crippen LogP contribution in [-0.4, -0.2) is 49.5 Å². The molecule has 162 valence electrons. The summed E-state index contributed by atoms with van der Waals surface area (Å²) in [6.07, 6.45) is 1.56. The van der Waals surface area contributed by atoms with E-state index in [9.17, 15) is 18.4 Å². The van der Waals surface area contributed by atoms with Crippen LogP contribution in [0.15, 0.2) is 54.7 Å². The number of halogens is 2. The van der Waals surface area contributed by atoms with Crippen molar-refractivity contribution in [3.05, 3.63) is 83.1 Å². The van der Waals surface area contributed by atoms with Gasteiger partial charge in [0, 0.05) is 25.9 Å². The molecule has 1 aromatic heterocycles. The fourth-order valence-corrected chi connectivity index (χ4v) is 2.83. The molecule has 32 heavy (non-hydrogen) atoms. The highest BCUT2D eigenvalue weighted by Gasteiger charge is 2.19. The van der Waals surface area contributed by atoms with Crippen molar-refractivity contribution in [1.82, 2.24) is 9.88 Å². The first-order valence-corrected chi connectivity index (χ1v) is 9.56. The van der Waals surface area contributed by atoms with E-state index < -0.39 is 23.4 Å². The van der Waals surface area contributed by atoms with Gasteiger partial charge in [-0.1, -0.05) is 17.6 Å². The number of amides is 2. The van der Waals surface area contributed by atoms with Crippen molar-refractivity contribution in [3.8, 4) is 0 Å². The Morgan fingerprint density at radius 1 is 0.969 bits per heavy atom. The highest BCUT2D eigenvalue weighted by Crippen LogP contribution is 2.21. The van der Waals surface area contributed by atoms with Crippen LogP contribution >= 0.6 is 0 Å². The topological polar surface area (TPSA) is 98.2 Å². The van der Waals surface area contributed by atoms with Crippen LogP contribution in [0.3, 0.4) is 0 Å². The van der Waals surface area contributed by atoms with Crippen molar-refractivity contribution in [2.75, 3.05) is 24.7 Å². The summed E-state index contributed by atoms with van der Waals surface area (Å²) in [6, 6.07) is 10.4. The predicted molar refractivity (Wildman–Crippen MR) is 122 cm³/mol. The summed E-state index contributed by atoms with van der Waals surface area (Å²) in [7, 11) is 5.13. The van der Waals surface area contributed by atoms with Crippen LogP contribution in [0, 0.1) is 17.0 Å². The first kappa shape index (κ1) is 22.6. The quantitative estimate of drug-likeness (QED) is 0.325. The van der Waals surface area contributed by atoms with Crippen molar-refractivity contribution >= 4 is 42.5 Å². The third-order valence-corrected chi connectivity index (χ3v) is 4.56. The van der Waals surface area contributed by atoms with Crippen molar-refractivity contribution in [2.24, 2.45) is 0 Å². The van der Waals surface area contributed by atoms with Gasteiger partial charge in [-0.3, -0.25) is 15.0 Å². The van der Waals surface area contributed by atoms with Crippen LogP contribution in [0.2, 0.25) is 0 Å². The third-order valence-electron chi connectivity index (χ3n) is 4.56. The van der Waals surface area contributed by atoms with E-state index in [4.69, 9.17) is 5.41 Å². The molecule has 2 aromatic carbocycles. The maximum absolute atomic E-state index is 14.5. The molecule has 0 aliphatic heterocycles. The van der Waals surface area contributed by atoms with Gasteiger partial charge >= 0.3 is 0 Å². The standard InChI is InChI=1S/C22H20BF2N5O2/c1-30(2)20(26)12-3-6-15(17(25)9-12)21(31)28-18-7-5-14(24)10-16(18)22(32)29-19-8-4-13(23)11-27-19/h3-11,26H,23H2,1-2H3,(H,28,31)(H,27,29,32). The fourth-order valence-electron chi connectivity index (χ4n) is 2.83. The highest BCUT2D eigenvalue weighted by atomic mass is 19.1. The van der Waals surface area contributed by atoms with Gasteiger partial charge in [0.2, 0.25) is 0 Å². The van der Waals surface area contributed by atoms with Gasteiger partial charge in [-0.15, -0.1) is 0 Å². The minimum absolute atomic E-state index is 0.00511. The van der Waals surface area contributed by atoms with Gasteiger partial charge in [-0.25, -0.2) is 13.8 Å². The predicted octanol–water partition coefficient (Wildman–Crippen LogP) is 2.01. The van der Waals surface area contributed by atoms with Gasteiger partial charge < -0.3 is 15.5 Å². The molecule has 0 aliphatic carbocycles. The molecule has 0 spiro atoms. The maximum Gasteiger partial charge on any atom is 0.259 e. The molecule has 0 unspecified atom stereocenters. The van der Waals surface area contributed by atoms with E-state index in [-0.39, 0.29) is 28.5 Å². The monoisotopic (exact) mass is 435 g/mol. The lowest BCUT2D eigenvalue weighted by molar-refractivity contribution is 0.102. The smallest absolute Gasteiger partial charge is 0.259 e. The summed E-state index contributed by atoms with van der Waals surface area (Å²) in [5, 5.41) is 12.9. The van der Waals surface area contributed by atoms with E-state index in [1.807, 2.05) is 7.85 Å². The number of nitrogens with one attached hydrogen (secondary N) is 3. The normalized spacial score (nSPS) is 10.4. The van der Waals surface area contributed by atoms with Crippen molar-refractivity contribution in [3.63, 3.8) is 0 Å². The second kappa shape index (κ2) is 9.38. The number of aromatic nitrogens is 1. The van der Waals surface area contributed by atoms with E-state index in [0.29, 0.717) is 5.56 Å². The van der Waals surface area contributed by atoms with Crippen molar-refractivity contribution < 1.29 is 18.4 Å². The number of benzene rings is 2. The Morgan fingerprint density at radius 3 is 2.31 bits per heavy atom. The molecular weight excluding hydrogens is 415 g/mol. The highest BCUT2D eigenvalue weighted by molar-refractivity contribution is 6.32. The van der Waals surface area contributed by atoms with Gasteiger partial charge in [-0.05, 0) is 36.4 Å². The van der Waals surface area contributed by atoms with Crippen molar-refractivity contribution in [1.29, 1.82) is 5.41 Å². The number of hydrogen-bond acceptors (Lipinski definition) is 4. The van der Waals surface area contributed by atoms with Gasteiger partial charge in [0.1, 0.15) is 31.1 Å². The lowest BCUT2D eigenvalue weighted by Gasteiger charge is -2.15. The minimum Gasteiger partial charge on any atom is -0.363 e. The maximum atomic E-state index is 14.5. The number of amidine groups is 1. The molecule has 0 atom stereocenters. The van der Waals surface area contributed by atoms with Gasteiger partial charge in [0.05, 0.1) is 16.8 Å². The molecule has 0 saturated carbocycles. The molecule has 2 amide bonds. The summed E-state index contributed by atoms with van der Waals surface area (Å²) < 4.78 is 28.4. The molecule has 1 heterocycles. The van der Waals surface area contributed by atoms with E-state index in [1.165, 1.54) is 23.1 Å². The summed E-state index contributed by atoms with van der Waals surface area (Å²) in [6.45, 7) is 0. The average molecular weight is 435 g/mol. The molecule has 7 nitrogen and oxygen atoms in total. The van der Waals surface area contributed by atoms with Crippen LogP contribution < -0.4 is 16.1 Å². The van der Waals surface area contributed by atoms with Gasteiger partial charge in [0.25, 0.3) is 11.8 Å². The largest absolute Gasteiger partial charge is 0.363 e. The number of carbonyl (C=O) groups is 2. The zero-order valence-electron chi connectivity index (χ0n) is 17.7. The Kier molecular flexibility index (Phi) is 6.63. The Balaban J connectivity index is 1.84. The Morgan fingerprint density at radius 2 is 1.69 bits per heavy atom. The number of nitrogens with zero attached hydrogens (tertiary/aromatic N) is 2. The molecule has 3 rings (SSSR count). The van der Waals surface area contributed by atoms with E-state index in [2.05, 4.69) is 15.6 Å². The third kappa shape index (κ3) is 5.15. The van der Waals surface area contributed by atoms with Gasteiger partial charge in [-0.2, -0.15) is 0 Å². The van der Waals surface area contributed by atoms with Crippen LogP contribution in [0.25, 0.3) is 0 Å². The molecule has 0 fully saturated rings. The number of rotatable bonds is 5. The summed E-state index contributed by atoms with van der Waals surface area (Å²) >= 11 is 0. The number of hydrogen-bond donors (Lipinski definition) is 3. The fraction of sp³-hybridized carbons (Fsp3) is 0.0909.